The molecule has 0 aliphatic carbocycles. The second-order valence-corrected chi connectivity index (χ2v) is 5.32. The fourth-order valence-corrected chi connectivity index (χ4v) is 2.47. The first-order valence-electron chi connectivity index (χ1n) is 6.29. The van der Waals surface area contributed by atoms with Gasteiger partial charge in [0.1, 0.15) is 10.3 Å². The zero-order chi connectivity index (χ0) is 14.8. The maximum absolute atomic E-state index is 11.5. The summed E-state index contributed by atoms with van der Waals surface area (Å²) < 4.78 is 0.730. The number of pyridine rings is 1. The molecule has 104 valence electrons. The number of hydrogen-bond donors (Lipinski definition) is 2. The van der Waals surface area contributed by atoms with Crippen molar-refractivity contribution in [2.75, 3.05) is 0 Å². The van der Waals surface area contributed by atoms with Crippen LogP contribution in [-0.2, 0) is 4.79 Å². The Morgan fingerprint density at radius 1 is 1.19 bits per heavy atom. The molecule has 0 aliphatic heterocycles. The highest BCUT2D eigenvalue weighted by molar-refractivity contribution is 9.10. The van der Waals surface area contributed by atoms with Crippen molar-refractivity contribution < 1.29 is 9.90 Å². The standard InChI is InChI=1S/C16H11BrN2O2/c17-14-7-6-12-11(9-18-15(12)19-14)8-13(16(20)21)10-4-2-1-3-5-10/h1-9H,(H,18,19)(H,20,21). The van der Waals surface area contributed by atoms with Crippen molar-refractivity contribution in [1.82, 2.24) is 9.97 Å². The number of H-pyrrole nitrogens is 1. The topological polar surface area (TPSA) is 66.0 Å². The zero-order valence-corrected chi connectivity index (χ0v) is 12.5. The molecular weight excluding hydrogens is 332 g/mol. The van der Waals surface area contributed by atoms with E-state index >= 15 is 0 Å². The number of rotatable bonds is 3. The van der Waals surface area contributed by atoms with E-state index < -0.39 is 5.97 Å². The lowest BCUT2D eigenvalue weighted by Crippen LogP contribution is -1.99. The van der Waals surface area contributed by atoms with Gasteiger partial charge in [-0.25, -0.2) is 9.78 Å². The van der Waals surface area contributed by atoms with Crippen molar-refractivity contribution in [1.29, 1.82) is 0 Å². The summed E-state index contributed by atoms with van der Waals surface area (Å²) in [5.74, 6) is -0.958. The number of aromatic nitrogens is 2. The first-order valence-corrected chi connectivity index (χ1v) is 7.08. The molecule has 0 spiro atoms. The number of aliphatic carboxylic acids is 1. The molecule has 0 fully saturated rings. The molecular formula is C16H11BrN2O2. The first kappa shape index (κ1) is 13.6. The molecule has 3 rings (SSSR count). The molecule has 2 aromatic heterocycles. The minimum absolute atomic E-state index is 0.249. The lowest BCUT2D eigenvalue weighted by atomic mass is 10.0. The van der Waals surface area contributed by atoms with E-state index in [1.54, 1.807) is 24.4 Å². The molecule has 0 aliphatic rings. The third kappa shape index (κ3) is 2.73. The van der Waals surface area contributed by atoms with Gasteiger partial charge in [0, 0.05) is 17.1 Å². The molecule has 0 radical (unpaired) electrons. The Bertz CT molecular complexity index is 838. The number of aromatic amines is 1. The van der Waals surface area contributed by atoms with Crippen LogP contribution in [0.4, 0.5) is 0 Å². The van der Waals surface area contributed by atoms with Gasteiger partial charge in [0.15, 0.2) is 0 Å². The smallest absolute Gasteiger partial charge is 0.336 e. The summed E-state index contributed by atoms with van der Waals surface area (Å²) >= 11 is 3.31. The van der Waals surface area contributed by atoms with Gasteiger partial charge in [-0.1, -0.05) is 30.3 Å². The predicted molar refractivity (Wildman–Crippen MR) is 85.7 cm³/mol. The number of carboxylic acid groups (broad SMARTS) is 1. The Morgan fingerprint density at radius 2 is 1.95 bits per heavy atom. The summed E-state index contributed by atoms with van der Waals surface area (Å²) in [6.07, 6.45) is 3.42. The van der Waals surface area contributed by atoms with Crippen LogP contribution < -0.4 is 0 Å². The van der Waals surface area contributed by atoms with Crippen LogP contribution in [0.15, 0.2) is 53.3 Å². The van der Waals surface area contributed by atoms with E-state index in [-0.39, 0.29) is 5.57 Å². The van der Waals surface area contributed by atoms with Gasteiger partial charge in [0.05, 0.1) is 5.57 Å². The van der Waals surface area contributed by atoms with E-state index in [0.29, 0.717) is 11.2 Å². The average molecular weight is 343 g/mol. The van der Waals surface area contributed by atoms with Crippen molar-refractivity contribution in [3.63, 3.8) is 0 Å². The van der Waals surface area contributed by atoms with Gasteiger partial charge in [-0.15, -0.1) is 0 Å². The Morgan fingerprint density at radius 3 is 2.67 bits per heavy atom. The van der Waals surface area contributed by atoms with Crippen molar-refractivity contribution in [3.05, 3.63) is 64.4 Å². The predicted octanol–water partition coefficient (Wildman–Crippen LogP) is 3.95. The van der Waals surface area contributed by atoms with Crippen LogP contribution in [0.25, 0.3) is 22.7 Å². The normalized spacial score (nSPS) is 11.8. The molecule has 3 aromatic rings. The third-order valence-electron chi connectivity index (χ3n) is 3.15. The van der Waals surface area contributed by atoms with E-state index in [0.717, 1.165) is 15.6 Å². The van der Waals surface area contributed by atoms with Gasteiger partial charge in [-0.2, -0.15) is 0 Å². The molecule has 2 heterocycles. The Hall–Kier alpha value is -2.40. The van der Waals surface area contributed by atoms with Crippen LogP contribution in [0.1, 0.15) is 11.1 Å². The molecule has 4 nitrogen and oxygen atoms in total. The van der Waals surface area contributed by atoms with E-state index in [1.807, 2.05) is 30.3 Å². The van der Waals surface area contributed by atoms with Crippen LogP contribution in [0.2, 0.25) is 0 Å². The summed E-state index contributed by atoms with van der Waals surface area (Å²) in [4.78, 5) is 18.9. The molecule has 5 heteroatoms. The van der Waals surface area contributed by atoms with Gasteiger partial charge in [-0.3, -0.25) is 0 Å². The van der Waals surface area contributed by atoms with E-state index in [2.05, 4.69) is 25.9 Å². The van der Waals surface area contributed by atoms with E-state index in [4.69, 9.17) is 0 Å². The van der Waals surface area contributed by atoms with Gasteiger partial charge < -0.3 is 10.1 Å². The minimum Gasteiger partial charge on any atom is -0.478 e. The molecule has 0 bridgehead atoms. The molecule has 0 unspecified atom stereocenters. The average Bonchev–Trinajstić information content (AvgIpc) is 2.87. The second kappa shape index (κ2) is 5.54. The first-order chi connectivity index (χ1) is 10.1. The zero-order valence-electron chi connectivity index (χ0n) is 10.9. The van der Waals surface area contributed by atoms with E-state index in [9.17, 15) is 9.90 Å². The highest BCUT2D eigenvalue weighted by Crippen LogP contribution is 2.24. The number of carboxylic acids is 1. The molecule has 0 saturated carbocycles. The summed E-state index contributed by atoms with van der Waals surface area (Å²) in [5.41, 5.74) is 2.43. The maximum Gasteiger partial charge on any atom is 0.336 e. The van der Waals surface area contributed by atoms with Crippen LogP contribution in [0.3, 0.4) is 0 Å². The Balaban J connectivity index is 2.14. The minimum atomic E-state index is -0.958. The van der Waals surface area contributed by atoms with Crippen LogP contribution in [0, 0.1) is 0 Å². The van der Waals surface area contributed by atoms with Crippen molar-refractivity contribution in [2.24, 2.45) is 0 Å². The third-order valence-corrected chi connectivity index (χ3v) is 3.59. The summed E-state index contributed by atoms with van der Waals surface area (Å²) in [6, 6.07) is 12.8. The van der Waals surface area contributed by atoms with Crippen molar-refractivity contribution in [2.45, 2.75) is 0 Å². The number of halogens is 1. The second-order valence-electron chi connectivity index (χ2n) is 4.50. The summed E-state index contributed by atoms with van der Waals surface area (Å²) in [5, 5.41) is 10.3. The Kier molecular flexibility index (Phi) is 3.58. The molecule has 2 N–H and O–H groups in total. The number of nitrogens with one attached hydrogen (secondary N) is 1. The molecule has 1 aromatic carbocycles. The van der Waals surface area contributed by atoms with Gasteiger partial charge >= 0.3 is 5.97 Å². The fraction of sp³-hybridized carbons (Fsp3) is 0. The van der Waals surface area contributed by atoms with Gasteiger partial charge in [-0.05, 0) is 39.7 Å². The number of hydrogen-bond acceptors (Lipinski definition) is 2. The van der Waals surface area contributed by atoms with Crippen molar-refractivity contribution in [3.8, 4) is 0 Å². The monoisotopic (exact) mass is 342 g/mol. The summed E-state index contributed by atoms with van der Waals surface area (Å²) in [7, 11) is 0. The summed E-state index contributed by atoms with van der Waals surface area (Å²) in [6.45, 7) is 0. The van der Waals surface area contributed by atoms with Crippen molar-refractivity contribution >= 4 is 44.6 Å². The Labute approximate surface area is 129 Å². The number of nitrogens with zero attached hydrogens (tertiary/aromatic N) is 1. The van der Waals surface area contributed by atoms with Gasteiger partial charge in [0.25, 0.3) is 0 Å². The van der Waals surface area contributed by atoms with Crippen LogP contribution in [0.5, 0.6) is 0 Å². The van der Waals surface area contributed by atoms with Crippen LogP contribution in [-0.4, -0.2) is 21.0 Å². The van der Waals surface area contributed by atoms with Crippen LogP contribution >= 0.6 is 15.9 Å². The maximum atomic E-state index is 11.5. The molecule has 0 amide bonds. The number of carbonyl (C=O) groups is 1. The van der Waals surface area contributed by atoms with E-state index in [1.165, 1.54) is 0 Å². The number of fused-ring (bicyclic) bond motifs is 1. The molecule has 21 heavy (non-hydrogen) atoms. The highest BCUT2D eigenvalue weighted by Gasteiger charge is 2.12. The quantitative estimate of drug-likeness (QED) is 0.559. The molecule has 0 atom stereocenters. The number of benzene rings is 1. The molecule has 0 saturated heterocycles. The fourth-order valence-electron chi connectivity index (χ4n) is 2.16. The lowest BCUT2D eigenvalue weighted by Gasteiger charge is -2.02. The SMILES string of the molecule is O=C(O)C(=Cc1c[nH]c2nc(Br)ccc12)c1ccccc1. The lowest BCUT2D eigenvalue weighted by molar-refractivity contribution is -0.130. The van der Waals surface area contributed by atoms with Gasteiger partial charge in [0.2, 0.25) is 0 Å². The highest BCUT2D eigenvalue weighted by atomic mass is 79.9. The largest absolute Gasteiger partial charge is 0.478 e.